The van der Waals surface area contributed by atoms with E-state index in [4.69, 9.17) is 9.47 Å². The molecule has 1 atom stereocenters. The van der Waals surface area contributed by atoms with Gasteiger partial charge in [0.15, 0.2) is 9.84 Å². The lowest BCUT2D eigenvalue weighted by molar-refractivity contribution is -0.145. The number of ether oxygens (including phenoxy) is 2. The summed E-state index contributed by atoms with van der Waals surface area (Å²) in [7, 11) is -3.63. The van der Waals surface area contributed by atoms with Crippen molar-refractivity contribution in [1.82, 2.24) is 4.90 Å². The maximum atomic E-state index is 13.0. The molecule has 1 aliphatic rings. The standard InChI is InChI=1S/C20H21NO6S/c1-28(24,25)17-10-6-5-9-16(17)20(23)27-18(15-7-3-2-4-8-15)19(22)21-11-13-26-14-12-21/h2-10,18H,11-14H2,1H3/t18-/m1/s1. The number of esters is 1. The Hall–Kier alpha value is -2.71. The first-order valence-corrected chi connectivity index (χ1v) is 10.7. The Bertz CT molecular complexity index is 952. The molecule has 1 amide bonds. The van der Waals surface area contributed by atoms with E-state index in [2.05, 4.69) is 0 Å². The van der Waals surface area contributed by atoms with E-state index in [0.29, 0.717) is 31.9 Å². The van der Waals surface area contributed by atoms with Crippen LogP contribution in [0.5, 0.6) is 0 Å². The molecule has 3 rings (SSSR count). The molecule has 0 radical (unpaired) electrons. The molecule has 0 saturated carbocycles. The summed E-state index contributed by atoms with van der Waals surface area (Å²) in [6, 6.07) is 14.5. The van der Waals surface area contributed by atoms with Crippen molar-refractivity contribution in [3.63, 3.8) is 0 Å². The van der Waals surface area contributed by atoms with E-state index in [1.807, 2.05) is 0 Å². The van der Waals surface area contributed by atoms with Gasteiger partial charge in [0.25, 0.3) is 5.91 Å². The fourth-order valence-corrected chi connectivity index (χ4v) is 3.84. The number of rotatable bonds is 5. The summed E-state index contributed by atoms with van der Waals surface area (Å²) in [6.45, 7) is 1.63. The molecule has 7 nitrogen and oxygen atoms in total. The Kier molecular flexibility index (Phi) is 6.11. The highest BCUT2D eigenvalue weighted by atomic mass is 32.2. The molecule has 1 aliphatic heterocycles. The first-order chi connectivity index (χ1) is 13.4. The molecule has 2 aromatic rings. The van der Waals surface area contributed by atoms with E-state index in [0.717, 1.165) is 6.26 Å². The van der Waals surface area contributed by atoms with Crippen molar-refractivity contribution >= 4 is 21.7 Å². The van der Waals surface area contributed by atoms with Crippen LogP contribution in [0, 0.1) is 0 Å². The van der Waals surface area contributed by atoms with Gasteiger partial charge in [0, 0.05) is 24.9 Å². The molecular weight excluding hydrogens is 382 g/mol. The van der Waals surface area contributed by atoms with Crippen LogP contribution in [0.25, 0.3) is 0 Å². The average Bonchev–Trinajstić information content (AvgIpc) is 2.72. The average molecular weight is 403 g/mol. The van der Waals surface area contributed by atoms with E-state index in [1.54, 1.807) is 41.3 Å². The SMILES string of the molecule is CS(=O)(=O)c1ccccc1C(=O)O[C@@H](C(=O)N1CCOCC1)c1ccccc1. The van der Waals surface area contributed by atoms with Crippen molar-refractivity contribution in [2.24, 2.45) is 0 Å². The summed E-state index contributed by atoms with van der Waals surface area (Å²) in [6.07, 6.45) is -0.147. The minimum Gasteiger partial charge on any atom is -0.444 e. The smallest absolute Gasteiger partial charge is 0.340 e. The fourth-order valence-electron chi connectivity index (χ4n) is 2.97. The number of morpholine rings is 1. The lowest BCUT2D eigenvalue weighted by Crippen LogP contribution is -2.44. The van der Waals surface area contributed by atoms with Gasteiger partial charge in [-0.25, -0.2) is 13.2 Å². The molecule has 0 aliphatic carbocycles. The third kappa shape index (κ3) is 4.58. The van der Waals surface area contributed by atoms with E-state index in [1.165, 1.54) is 18.2 Å². The molecule has 0 aromatic heterocycles. The van der Waals surface area contributed by atoms with Crippen LogP contribution in [0.15, 0.2) is 59.5 Å². The van der Waals surface area contributed by atoms with Crippen LogP contribution < -0.4 is 0 Å². The van der Waals surface area contributed by atoms with Gasteiger partial charge in [0.1, 0.15) is 0 Å². The zero-order valence-corrected chi connectivity index (χ0v) is 16.2. The molecule has 1 heterocycles. The fraction of sp³-hybridized carbons (Fsp3) is 0.300. The van der Waals surface area contributed by atoms with Crippen LogP contribution in [0.1, 0.15) is 22.0 Å². The number of nitrogens with zero attached hydrogens (tertiary/aromatic N) is 1. The van der Waals surface area contributed by atoms with E-state index < -0.39 is 21.9 Å². The number of hydrogen-bond donors (Lipinski definition) is 0. The predicted molar refractivity (Wildman–Crippen MR) is 102 cm³/mol. The molecule has 2 aromatic carbocycles. The Morgan fingerprint density at radius 3 is 2.25 bits per heavy atom. The van der Waals surface area contributed by atoms with Crippen molar-refractivity contribution in [3.05, 3.63) is 65.7 Å². The number of benzene rings is 2. The summed E-state index contributed by atoms with van der Waals surface area (Å²) in [5.74, 6) is -1.23. The summed E-state index contributed by atoms with van der Waals surface area (Å²) in [5, 5.41) is 0. The van der Waals surface area contributed by atoms with Gasteiger partial charge in [-0.2, -0.15) is 0 Å². The van der Waals surface area contributed by atoms with Gasteiger partial charge in [0.05, 0.1) is 23.7 Å². The van der Waals surface area contributed by atoms with Crippen LogP contribution in [0.3, 0.4) is 0 Å². The Morgan fingerprint density at radius 1 is 1.00 bits per heavy atom. The minimum absolute atomic E-state index is 0.0966. The second kappa shape index (κ2) is 8.53. The molecule has 8 heteroatoms. The predicted octanol–water partition coefficient (Wildman–Crippen LogP) is 1.85. The summed E-state index contributed by atoms with van der Waals surface area (Å²) in [4.78, 5) is 27.3. The number of carbonyl (C=O) groups excluding carboxylic acids is 2. The molecule has 0 bridgehead atoms. The third-order valence-corrected chi connectivity index (χ3v) is 5.54. The van der Waals surface area contributed by atoms with Gasteiger partial charge in [-0.1, -0.05) is 42.5 Å². The van der Waals surface area contributed by atoms with Crippen molar-refractivity contribution < 1.29 is 27.5 Å². The highest BCUT2D eigenvalue weighted by molar-refractivity contribution is 7.90. The topological polar surface area (TPSA) is 90.0 Å². The molecule has 1 fully saturated rings. The lowest BCUT2D eigenvalue weighted by atomic mass is 10.1. The lowest BCUT2D eigenvalue weighted by Gasteiger charge is -2.30. The molecule has 28 heavy (non-hydrogen) atoms. The summed E-state index contributed by atoms with van der Waals surface area (Å²) >= 11 is 0. The van der Waals surface area contributed by atoms with E-state index in [-0.39, 0.29) is 16.4 Å². The minimum atomic E-state index is -3.63. The van der Waals surface area contributed by atoms with Crippen molar-refractivity contribution in [3.8, 4) is 0 Å². The van der Waals surface area contributed by atoms with Gasteiger partial charge >= 0.3 is 5.97 Å². The molecule has 148 valence electrons. The first kappa shape index (κ1) is 20.0. The Morgan fingerprint density at radius 2 is 1.61 bits per heavy atom. The van der Waals surface area contributed by atoms with Gasteiger partial charge in [-0.05, 0) is 12.1 Å². The third-order valence-electron chi connectivity index (χ3n) is 4.38. The Labute approximate surface area is 163 Å². The monoisotopic (exact) mass is 403 g/mol. The largest absolute Gasteiger partial charge is 0.444 e. The van der Waals surface area contributed by atoms with Crippen molar-refractivity contribution in [2.45, 2.75) is 11.0 Å². The van der Waals surface area contributed by atoms with Gasteiger partial charge in [0.2, 0.25) is 6.10 Å². The second-order valence-electron chi connectivity index (χ2n) is 6.40. The molecule has 1 saturated heterocycles. The number of hydrogen-bond acceptors (Lipinski definition) is 6. The van der Waals surface area contributed by atoms with Crippen LogP contribution in [-0.4, -0.2) is 57.8 Å². The summed E-state index contributed by atoms with van der Waals surface area (Å²) in [5.41, 5.74) is 0.421. The van der Waals surface area contributed by atoms with Crippen LogP contribution in [0.2, 0.25) is 0 Å². The zero-order chi connectivity index (χ0) is 20.1. The van der Waals surface area contributed by atoms with Gasteiger partial charge < -0.3 is 14.4 Å². The maximum absolute atomic E-state index is 13.0. The molecule has 0 unspecified atom stereocenters. The molecular formula is C20H21NO6S. The molecule has 0 N–H and O–H groups in total. The normalized spacial score (nSPS) is 15.7. The number of sulfone groups is 1. The highest BCUT2D eigenvalue weighted by Gasteiger charge is 2.32. The highest BCUT2D eigenvalue weighted by Crippen LogP contribution is 2.24. The van der Waals surface area contributed by atoms with Crippen molar-refractivity contribution in [1.29, 1.82) is 0 Å². The van der Waals surface area contributed by atoms with Crippen LogP contribution >= 0.6 is 0 Å². The quantitative estimate of drug-likeness (QED) is 0.708. The Balaban J connectivity index is 1.92. The number of amides is 1. The molecule has 0 spiro atoms. The zero-order valence-electron chi connectivity index (χ0n) is 15.4. The van der Waals surface area contributed by atoms with Gasteiger partial charge in [-0.3, -0.25) is 4.79 Å². The van der Waals surface area contributed by atoms with Crippen LogP contribution in [0.4, 0.5) is 0 Å². The maximum Gasteiger partial charge on any atom is 0.340 e. The van der Waals surface area contributed by atoms with E-state index in [9.17, 15) is 18.0 Å². The second-order valence-corrected chi connectivity index (χ2v) is 8.39. The first-order valence-electron chi connectivity index (χ1n) is 8.79. The van der Waals surface area contributed by atoms with Crippen molar-refractivity contribution in [2.75, 3.05) is 32.6 Å². The van der Waals surface area contributed by atoms with E-state index >= 15 is 0 Å². The summed E-state index contributed by atoms with van der Waals surface area (Å²) < 4.78 is 34.8. The van der Waals surface area contributed by atoms with Crippen LogP contribution in [-0.2, 0) is 24.1 Å². The van der Waals surface area contributed by atoms with Gasteiger partial charge in [-0.15, -0.1) is 0 Å². The number of carbonyl (C=O) groups is 2.